The van der Waals surface area contributed by atoms with Crippen LogP contribution in [0.1, 0.15) is 40.2 Å². The summed E-state index contributed by atoms with van der Waals surface area (Å²) in [6.07, 6.45) is 4.54. The summed E-state index contributed by atoms with van der Waals surface area (Å²) >= 11 is 0. The second-order valence-corrected chi connectivity index (χ2v) is 20.1. The summed E-state index contributed by atoms with van der Waals surface area (Å²) < 4.78 is 38.8. The number of aromatic nitrogens is 2. The van der Waals surface area contributed by atoms with Crippen LogP contribution in [-0.4, -0.2) is 126 Å². The van der Waals surface area contributed by atoms with Crippen LogP contribution in [0.5, 0.6) is 0 Å². The van der Waals surface area contributed by atoms with Gasteiger partial charge in [-0.2, -0.15) is 5.10 Å². The molecular formula is C60H64F2N8O4. The average molecular weight is 999 g/mol. The van der Waals surface area contributed by atoms with Gasteiger partial charge in [0.1, 0.15) is 11.6 Å². The largest absolute Gasteiger partial charge is 0.378 e. The molecule has 7 aromatic rings. The zero-order chi connectivity index (χ0) is 51.2. The van der Waals surface area contributed by atoms with Crippen LogP contribution in [0.4, 0.5) is 29.7 Å². The van der Waals surface area contributed by atoms with Crippen molar-refractivity contribution in [3.8, 4) is 5.69 Å². The van der Waals surface area contributed by atoms with Crippen LogP contribution in [0.2, 0.25) is 0 Å². The smallest absolute Gasteiger partial charge is 0.320 e. The second-order valence-electron chi connectivity index (χ2n) is 20.1. The molecule has 0 radical (unpaired) electrons. The van der Waals surface area contributed by atoms with Gasteiger partial charge in [0.25, 0.3) is 0 Å². The molecule has 1 aromatic heterocycles. The summed E-state index contributed by atoms with van der Waals surface area (Å²) in [4.78, 5) is 33.2. The number of carbonyl (C=O) groups is 2. The maximum atomic E-state index is 13.4. The van der Waals surface area contributed by atoms with Crippen LogP contribution in [0.3, 0.4) is 0 Å². The van der Waals surface area contributed by atoms with Crippen molar-refractivity contribution in [1.29, 1.82) is 5.41 Å². The Morgan fingerprint density at radius 3 is 1.84 bits per heavy atom. The Bertz CT molecular complexity index is 3000. The molecule has 6 fully saturated rings. The van der Waals surface area contributed by atoms with Gasteiger partial charge < -0.3 is 39.8 Å². The predicted octanol–water partition coefficient (Wildman–Crippen LogP) is 10.8. The number of hydrogen-bond acceptors (Lipinski definition) is 7. The molecule has 2 saturated carbocycles. The number of amides is 4. The highest BCUT2D eigenvalue weighted by Crippen LogP contribution is 2.70. The van der Waals surface area contributed by atoms with Crippen LogP contribution >= 0.6 is 0 Å². The van der Waals surface area contributed by atoms with Crippen LogP contribution < -0.4 is 5.32 Å². The van der Waals surface area contributed by atoms with E-state index >= 15 is 0 Å². The molecule has 0 spiro atoms. The third-order valence-electron chi connectivity index (χ3n) is 15.3. The Kier molecular flexibility index (Phi) is 15.2. The van der Waals surface area contributed by atoms with E-state index in [0.717, 1.165) is 83.7 Å². The Morgan fingerprint density at radius 2 is 1.24 bits per heavy atom. The zero-order valence-corrected chi connectivity index (χ0v) is 42.1. The fraction of sp³-hybridized carbons (Fsp3) is 0.333. The molecule has 4 amide bonds. The zero-order valence-electron chi connectivity index (χ0n) is 42.1. The van der Waals surface area contributed by atoms with Crippen molar-refractivity contribution in [2.75, 3.05) is 84.1 Å². The minimum absolute atomic E-state index is 0.0983. The molecule has 4 aliphatic heterocycles. The molecule has 12 nitrogen and oxygen atoms in total. The number of morpholine rings is 2. The molecule has 5 heterocycles. The lowest BCUT2D eigenvalue weighted by Gasteiger charge is -2.33. The van der Waals surface area contributed by atoms with Crippen LogP contribution in [0.15, 0.2) is 152 Å². The number of fused-ring (bicyclic) bond motifs is 3. The van der Waals surface area contributed by atoms with Gasteiger partial charge in [-0.05, 0) is 127 Å². The number of rotatable bonds is 6. The average Bonchev–Trinajstić information content (AvgIpc) is 4.12. The molecule has 74 heavy (non-hydrogen) atoms. The topological polar surface area (TPSA) is 119 Å². The number of ether oxygens (including phenoxy) is 2. The first-order valence-electron chi connectivity index (χ1n) is 25.8. The lowest BCUT2D eigenvalue weighted by Crippen LogP contribution is -2.48. The fourth-order valence-electron chi connectivity index (χ4n) is 11.3. The van der Waals surface area contributed by atoms with Gasteiger partial charge in [0.15, 0.2) is 0 Å². The molecule has 14 heteroatoms. The van der Waals surface area contributed by atoms with E-state index in [0.29, 0.717) is 57.9 Å². The summed E-state index contributed by atoms with van der Waals surface area (Å²) in [6.45, 7) is 12.9. The maximum absolute atomic E-state index is 13.4. The number of halogens is 2. The molecule has 4 saturated heterocycles. The van der Waals surface area contributed by atoms with E-state index in [1.54, 1.807) is 24.3 Å². The van der Waals surface area contributed by atoms with Crippen LogP contribution in [-0.2, 0) is 14.9 Å². The van der Waals surface area contributed by atoms with E-state index in [2.05, 4.69) is 65.9 Å². The van der Waals surface area contributed by atoms with Crippen molar-refractivity contribution < 1.29 is 27.8 Å². The Morgan fingerprint density at radius 1 is 0.676 bits per heavy atom. The van der Waals surface area contributed by atoms with Gasteiger partial charge >= 0.3 is 12.1 Å². The van der Waals surface area contributed by atoms with E-state index in [1.807, 2.05) is 85.9 Å². The Balaban J connectivity index is 0.000000138. The van der Waals surface area contributed by atoms with Crippen LogP contribution in [0, 0.1) is 48.6 Å². The number of hydrogen-bond donors (Lipinski definition) is 2. The van der Waals surface area contributed by atoms with Crippen molar-refractivity contribution in [1.82, 2.24) is 29.4 Å². The van der Waals surface area contributed by atoms with Gasteiger partial charge in [-0.25, -0.2) is 23.1 Å². The minimum Gasteiger partial charge on any atom is -0.378 e. The van der Waals surface area contributed by atoms with Gasteiger partial charge in [-0.3, -0.25) is 0 Å². The molecule has 13 rings (SSSR count). The molecule has 0 bridgehead atoms. The van der Waals surface area contributed by atoms with E-state index in [4.69, 9.17) is 14.9 Å². The first kappa shape index (κ1) is 50.1. The predicted molar refractivity (Wildman–Crippen MR) is 286 cm³/mol. The molecular weight excluding hydrogens is 935 g/mol. The van der Waals surface area contributed by atoms with E-state index < -0.39 is 0 Å². The minimum atomic E-state index is -0.285. The van der Waals surface area contributed by atoms with E-state index in [-0.39, 0.29) is 29.1 Å². The summed E-state index contributed by atoms with van der Waals surface area (Å²) in [5.41, 5.74) is 8.89. The van der Waals surface area contributed by atoms with Crippen molar-refractivity contribution in [2.24, 2.45) is 17.8 Å². The number of urea groups is 2. The Hall–Kier alpha value is -7.42. The highest BCUT2D eigenvalue weighted by Gasteiger charge is 2.71. The number of nitrogens with one attached hydrogen (secondary N) is 2. The molecule has 5 atom stereocenters. The monoisotopic (exact) mass is 999 g/mol. The lowest BCUT2D eigenvalue weighted by molar-refractivity contribution is 0.0440. The molecule has 6 aliphatic rings. The second kappa shape index (κ2) is 22.4. The Labute approximate surface area is 432 Å². The number of likely N-dealkylation sites (tertiary alicyclic amines) is 2. The van der Waals surface area contributed by atoms with Crippen molar-refractivity contribution in [2.45, 2.75) is 31.6 Å². The summed E-state index contributed by atoms with van der Waals surface area (Å²) in [5, 5.41) is 16.9. The van der Waals surface area contributed by atoms with Gasteiger partial charge in [0.05, 0.1) is 43.8 Å². The number of carbonyl (C=O) groups excluding carboxylic acids is 2. The quantitative estimate of drug-likeness (QED) is 0.160. The van der Waals surface area contributed by atoms with Gasteiger partial charge in [-0.15, -0.1) is 0 Å². The molecule has 382 valence electrons. The highest BCUT2D eigenvalue weighted by molar-refractivity contribution is 5.89. The van der Waals surface area contributed by atoms with Crippen molar-refractivity contribution in [3.05, 3.63) is 191 Å². The SMILES string of the molecule is Cc1cc(Nc2ccc(F)cc2)c(C=N)cc1C12CN(C(=O)N3CCOCC3)CC1C2c1ccccc1.Cc1ccc2cnn(-c3ccc(F)cc3)c2c1.O=C(N1CCOCC1)N1CC2CC2C1.c1ccccc1. The summed E-state index contributed by atoms with van der Waals surface area (Å²) in [5.74, 6) is 1.80. The highest BCUT2D eigenvalue weighted by atomic mass is 19.1. The van der Waals surface area contributed by atoms with Gasteiger partial charge in [0, 0.05) is 92.2 Å². The van der Waals surface area contributed by atoms with Crippen molar-refractivity contribution >= 4 is 40.6 Å². The van der Waals surface area contributed by atoms with E-state index in [1.165, 1.54) is 53.6 Å². The molecule has 5 unspecified atom stereocenters. The normalized spacial score (nSPS) is 22.2. The summed E-state index contributed by atoms with van der Waals surface area (Å²) in [6, 6.07) is 45.9. The van der Waals surface area contributed by atoms with E-state index in [9.17, 15) is 18.4 Å². The number of nitrogens with zero attached hydrogens (tertiary/aromatic N) is 6. The standard InChI is InChI=1S/C30H31FN4O2.C14H11FN2.C10H16N2O2.C6H6/c1-20-15-27(33-24-9-7-23(31)8-10-24)22(17-32)16-25(20)30-19-35(29(36)34-11-13-37-14-12-34)18-26(30)28(30)21-5-3-2-4-6-21;1-10-2-3-11-9-16-17(14(11)8-10)13-6-4-12(15)5-7-13;13-10(11-1-3-14-4-2-11)12-6-8-5-9(8)7-12;1-2-4-6-5-3-1/h2-10,15-17,26,28,32-33H,11-14,18-19H2,1H3;2-9H,1H3;8-9H,1-7H2;1-6H. The third kappa shape index (κ3) is 11.1. The van der Waals surface area contributed by atoms with Gasteiger partial charge in [0.2, 0.25) is 0 Å². The van der Waals surface area contributed by atoms with Crippen molar-refractivity contribution in [3.63, 3.8) is 0 Å². The first-order valence-corrected chi connectivity index (χ1v) is 25.8. The molecule has 6 aromatic carbocycles. The summed E-state index contributed by atoms with van der Waals surface area (Å²) in [7, 11) is 0. The van der Waals surface area contributed by atoms with Crippen LogP contribution in [0.25, 0.3) is 16.6 Å². The first-order chi connectivity index (χ1) is 36.1. The third-order valence-corrected chi connectivity index (χ3v) is 15.3. The number of anilines is 2. The molecule has 2 N–H and O–H groups in total. The number of piperidine rings is 2. The van der Waals surface area contributed by atoms with Gasteiger partial charge in [-0.1, -0.05) is 78.9 Å². The molecule has 2 aliphatic carbocycles. The maximum Gasteiger partial charge on any atom is 0.320 e. The number of aryl methyl sites for hydroxylation is 2. The lowest BCUT2D eigenvalue weighted by atomic mass is 9.86. The number of benzene rings is 6. The fourth-order valence-corrected chi connectivity index (χ4v) is 11.3.